The van der Waals surface area contributed by atoms with E-state index in [1.54, 1.807) is 19.2 Å². The average Bonchev–Trinajstić information content (AvgIpc) is 2.46. The van der Waals surface area contributed by atoms with Gasteiger partial charge in [0.25, 0.3) is 0 Å². The molecule has 21 heavy (non-hydrogen) atoms. The second-order valence-electron chi connectivity index (χ2n) is 5.08. The zero-order chi connectivity index (χ0) is 15.5. The molecule has 0 saturated carbocycles. The van der Waals surface area contributed by atoms with Crippen LogP contribution >= 0.6 is 0 Å². The molecular formula is C14H19N3O3S. The van der Waals surface area contributed by atoms with E-state index < -0.39 is 10.0 Å². The molecule has 1 aromatic rings. The molecule has 0 atom stereocenters. The van der Waals surface area contributed by atoms with Gasteiger partial charge in [-0.15, -0.1) is 0 Å². The quantitative estimate of drug-likeness (QED) is 0.816. The van der Waals surface area contributed by atoms with Crippen molar-refractivity contribution in [1.29, 1.82) is 5.26 Å². The highest BCUT2D eigenvalue weighted by molar-refractivity contribution is 7.88. The van der Waals surface area contributed by atoms with Crippen LogP contribution in [0.25, 0.3) is 0 Å². The first-order valence-electron chi connectivity index (χ1n) is 6.68. The molecule has 0 N–H and O–H groups in total. The Bertz CT molecular complexity index is 644. The summed E-state index contributed by atoms with van der Waals surface area (Å²) < 4.78 is 29.8. The normalized spacial score (nSPS) is 17.4. The molecular weight excluding hydrogens is 290 g/mol. The molecule has 6 nitrogen and oxygen atoms in total. The lowest BCUT2D eigenvalue weighted by molar-refractivity contribution is 0.180. The van der Waals surface area contributed by atoms with E-state index in [4.69, 9.17) is 10.00 Å². The molecule has 2 rings (SSSR count). The largest absolute Gasteiger partial charge is 0.496 e. The van der Waals surface area contributed by atoms with Crippen LogP contribution in [0.4, 0.5) is 0 Å². The van der Waals surface area contributed by atoms with Gasteiger partial charge in [0.05, 0.1) is 25.0 Å². The minimum Gasteiger partial charge on any atom is -0.496 e. The molecule has 0 unspecified atom stereocenters. The van der Waals surface area contributed by atoms with Crippen LogP contribution in [0.15, 0.2) is 18.2 Å². The number of benzene rings is 1. The molecule has 0 aliphatic carbocycles. The van der Waals surface area contributed by atoms with E-state index in [0.717, 1.165) is 11.3 Å². The Kier molecular flexibility index (Phi) is 4.83. The van der Waals surface area contributed by atoms with Gasteiger partial charge in [-0.1, -0.05) is 0 Å². The van der Waals surface area contributed by atoms with Crippen molar-refractivity contribution < 1.29 is 13.2 Å². The van der Waals surface area contributed by atoms with E-state index in [0.29, 0.717) is 38.3 Å². The zero-order valence-corrected chi connectivity index (χ0v) is 13.1. The topological polar surface area (TPSA) is 73.6 Å². The summed E-state index contributed by atoms with van der Waals surface area (Å²) in [6, 6.07) is 7.46. The van der Waals surface area contributed by atoms with Gasteiger partial charge in [-0.05, 0) is 18.2 Å². The monoisotopic (exact) mass is 309 g/mol. The molecule has 1 fully saturated rings. The first-order chi connectivity index (χ1) is 9.94. The van der Waals surface area contributed by atoms with Crippen molar-refractivity contribution in [2.75, 3.05) is 39.5 Å². The van der Waals surface area contributed by atoms with Crippen molar-refractivity contribution in [1.82, 2.24) is 9.21 Å². The Morgan fingerprint density at radius 2 is 1.95 bits per heavy atom. The summed E-state index contributed by atoms with van der Waals surface area (Å²) in [7, 11) is -1.50. The molecule has 0 bridgehead atoms. The second-order valence-corrected chi connectivity index (χ2v) is 7.06. The Hall–Kier alpha value is -1.62. The van der Waals surface area contributed by atoms with E-state index in [1.807, 2.05) is 6.07 Å². The average molecular weight is 309 g/mol. The second kappa shape index (κ2) is 6.43. The van der Waals surface area contributed by atoms with E-state index in [-0.39, 0.29) is 0 Å². The van der Waals surface area contributed by atoms with Crippen LogP contribution in [0.5, 0.6) is 5.75 Å². The van der Waals surface area contributed by atoms with E-state index >= 15 is 0 Å². The Labute approximate surface area is 125 Å². The van der Waals surface area contributed by atoms with Crippen molar-refractivity contribution in [3.63, 3.8) is 0 Å². The first kappa shape index (κ1) is 15.8. The highest BCUT2D eigenvalue weighted by Crippen LogP contribution is 2.22. The maximum atomic E-state index is 11.5. The molecule has 7 heteroatoms. The summed E-state index contributed by atoms with van der Waals surface area (Å²) in [5.41, 5.74) is 1.55. The van der Waals surface area contributed by atoms with E-state index in [2.05, 4.69) is 11.0 Å². The lowest BCUT2D eigenvalue weighted by Crippen LogP contribution is -2.47. The van der Waals surface area contributed by atoms with Crippen LogP contribution in [-0.2, 0) is 16.6 Å². The maximum Gasteiger partial charge on any atom is 0.211 e. The first-order valence-corrected chi connectivity index (χ1v) is 8.53. The summed E-state index contributed by atoms with van der Waals surface area (Å²) in [6.45, 7) is 2.99. The number of hydrogen-bond donors (Lipinski definition) is 0. The lowest BCUT2D eigenvalue weighted by Gasteiger charge is -2.33. The number of sulfonamides is 1. The fourth-order valence-corrected chi connectivity index (χ4v) is 3.26. The van der Waals surface area contributed by atoms with Gasteiger partial charge in [0.15, 0.2) is 0 Å². The van der Waals surface area contributed by atoms with Crippen LogP contribution in [0, 0.1) is 11.3 Å². The minimum absolute atomic E-state index is 0.499. The summed E-state index contributed by atoms with van der Waals surface area (Å²) in [4.78, 5) is 2.17. The van der Waals surface area contributed by atoms with Crippen LogP contribution in [0.3, 0.4) is 0 Å². The van der Waals surface area contributed by atoms with E-state index in [1.165, 1.54) is 10.6 Å². The van der Waals surface area contributed by atoms with Gasteiger partial charge >= 0.3 is 0 Å². The van der Waals surface area contributed by atoms with Gasteiger partial charge in [0, 0.05) is 38.3 Å². The maximum absolute atomic E-state index is 11.5. The van der Waals surface area contributed by atoms with Crippen molar-refractivity contribution in [3.05, 3.63) is 29.3 Å². The summed E-state index contributed by atoms with van der Waals surface area (Å²) in [5, 5.41) is 8.98. The van der Waals surface area contributed by atoms with Gasteiger partial charge in [-0.3, -0.25) is 4.90 Å². The number of methoxy groups -OCH3 is 1. The SMILES string of the molecule is COc1ccc(C#N)cc1CN1CCN(S(C)(=O)=O)CC1. The van der Waals surface area contributed by atoms with Gasteiger partial charge in [-0.25, -0.2) is 8.42 Å². The molecule has 1 aliphatic heterocycles. The number of nitrogens with zero attached hydrogens (tertiary/aromatic N) is 3. The minimum atomic E-state index is -3.11. The molecule has 0 radical (unpaired) electrons. The standard InChI is InChI=1S/C14H19N3O3S/c1-20-14-4-3-12(10-15)9-13(14)11-16-5-7-17(8-6-16)21(2,18)19/h3-4,9H,5-8,11H2,1-2H3. The molecule has 1 aromatic carbocycles. The van der Waals surface area contributed by atoms with E-state index in [9.17, 15) is 8.42 Å². The third kappa shape index (κ3) is 3.94. The van der Waals surface area contributed by atoms with Crippen LogP contribution in [0.1, 0.15) is 11.1 Å². The fraction of sp³-hybridized carbons (Fsp3) is 0.500. The van der Waals surface area contributed by atoms with Crippen molar-refractivity contribution in [2.24, 2.45) is 0 Å². The van der Waals surface area contributed by atoms with Gasteiger partial charge in [0.1, 0.15) is 5.75 Å². The molecule has 114 valence electrons. The van der Waals surface area contributed by atoms with Gasteiger partial charge < -0.3 is 4.74 Å². The number of piperazine rings is 1. The highest BCUT2D eigenvalue weighted by atomic mass is 32.2. The number of nitriles is 1. The lowest BCUT2D eigenvalue weighted by atomic mass is 10.1. The zero-order valence-electron chi connectivity index (χ0n) is 12.2. The predicted octanol–water partition coefficient (Wildman–Crippen LogP) is 0.644. The summed E-state index contributed by atoms with van der Waals surface area (Å²) in [5.74, 6) is 0.750. The molecule has 0 aromatic heterocycles. The molecule has 1 heterocycles. The van der Waals surface area contributed by atoms with Crippen LogP contribution in [-0.4, -0.2) is 57.2 Å². The molecule has 0 spiro atoms. The Morgan fingerprint density at radius 1 is 1.29 bits per heavy atom. The van der Waals surface area contributed by atoms with Crippen molar-refractivity contribution >= 4 is 10.0 Å². The number of rotatable bonds is 4. The fourth-order valence-electron chi connectivity index (χ4n) is 2.43. The third-order valence-electron chi connectivity index (χ3n) is 3.60. The van der Waals surface area contributed by atoms with Crippen molar-refractivity contribution in [2.45, 2.75) is 6.54 Å². The number of ether oxygens (including phenoxy) is 1. The third-order valence-corrected chi connectivity index (χ3v) is 4.91. The van der Waals surface area contributed by atoms with Gasteiger partial charge in [-0.2, -0.15) is 9.57 Å². The Morgan fingerprint density at radius 3 is 2.48 bits per heavy atom. The van der Waals surface area contributed by atoms with Crippen LogP contribution in [0.2, 0.25) is 0 Å². The molecule has 1 saturated heterocycles. The van der Waals surface area contributed by atoms with Gasteiger partial charge in [0.2, 0.25) is 10.0 Å². The summed E-state index contributed by atoms with van der Waals surface area (Å²) >= 11 is 0. The highest BCUT2D eigenvalue weighted by Gasteiger charge is 2.23. The van der Waals surface area contributed by atoms with Crippen LogP contribution < -0.4 is 4.74 Å². The smallest absolute Gasteiger partial charge is 0.211 e. The summed E-state index contributed by atoms with van der Waals surface area (Å²) in [6.07, 6.45) is 1.24. The predicted molar refractivity (Wildman–Crippen MR) is 79.4 cm³/mol. The van der Waals surface area contributed by atoms with Crippen molar-refractivity contribution in [3.8, 4) is 11.8 Å². The Balaban J connectivity index is 2.05. The molecule has 1 aliphatic rings. The molecule has 0 amide bonds. The number of hydrogen-bond acceptors (Lipinski definition) is 5.